The maximum absolute atomic E-state index is 2.40. The van der Waals surface area contributed by atoms with E-state index in [1.165, 1.54) is 64.2 Å². The first kappa shape index (κ1) is 17.7. The molecule has 0 spiro atoms. The van der Waals surface area contributed by atoms with Crippen LogP contribution in [0, 0.1) is 11.8 Å². The molecule has 0 aromatic heterocycles. The molecule has 0 fully saturated rings. The van der Waals surface area contributed by atoms with Crippen LogP contribution in [-0.2, 0) is 0 Å². The minimum absolute atomic E-state index is 0.881. The van der Waals surface area contributed by atoms with Gasteiger partial charge in [-0.25, -0.2) is 0 Å². The third kappa shape index (κ3) is 15.7. The number of unbranched alkanes of at least 4 members (excludes halogenated alkanes) is 6. The van der Waals surface area contributed by atoms with Gasteiger partial charge in [-0.15, -0.1) is 0 Å². The quantitative estimate of drug-likeness (QED) is 0.266. The zero-order chi connectivity index (χ0) is 13.6. The van der Waals surface area contributed by atoms with Gasteiger partial charge in [-0.1, -0.05) is 78.4 Å². The molecule has 0 rings (SSSR count). The summed E-state index contributed by atoms with van der Waals surface area (Å²) in [5, 5.41) is 0. The van der Waals surface area contributed by atoms with Gasteiger partial charge < -0.3 is 0 Å². The average molecular weight is 252 g/mol. The molecule has 0 unspecified atom stereocenters. The van der Waals surface area contributed by atoms with Gasteiger partial charge >= 0.3 is 0 Å². The highest BCUT2D eigenvalue weighted by atomic mass is 14.0. The molecule has 0 atom stereocenters. The molecule has 0 aliphatic carbocycles. The Labute approximate surface area is 116 Å². The van der Waals surface area contributed by atoms with Crippen molar-refractivity contribution in [3.05, 3.63) is 12.2 Å². The highest BCUT2D eigenvalue weighted by Crippen LogP contribution is 2.11. The second kappa shape index (κ2) is 13.2. The predicted octanol–water partition coefficient (Wildman–Crippen LogP) is 6.76. The van der Waals surface area contributed by atoms with Gasteiger partial charge in [-0.3, -0.25) is 0 Å². The van der Waals surface area contributed by atoms with Crippen molar-refractivity contribution in [2.24, 2.45) is 11.8 Å². The van der Waals surface area contributed by atoms with Crippen molar-refractivity contribution in [2.45, 2.75) is 91.9 Å². The number of allylic oxidation sites excluding steroid dienone is 2. The van der Waals surface area contributed by atoms with Crippen LogP contribution in [0.2, 0.25) is 0 Å². The second-order valence-electron chi connectivity index (χ2n) is 6.54. The van der Waals surface area contributed by atoms with E-state index >= 15 is 0 Å². The molecule has 0 saturated carbocycles. The van der Waals surface area contributed by atoms with Crippen molar-refractivity contribution in [3.8, 4) is 0 Å². The standard InChI is InChI=1S/C18H36/c1-17(2)15-13-11-9-7-5-6-8-10-12-14-16-18(3)4/h5-6,17-18H,7-16H2,1-4H3/b6-5-. The van der Waals surface area contributed by atoms with Gasteiger partial charge in [0, 0.05) is 0 Å². The van der Waals surface area contributed by atoms with Gasteiger partial charge in [0.05, 0.1) is 0 Å². The van der Waals surface area contributed by atoms with E-state index in [0.717, 1.165) is 11.8 Å². The van der Waals surface area contributed by atoms with Gasteiger partial charge in [0.1, 0.15) is 0 Å². The van der Waals surface area contributed by atoms with E-state index in [2.05, 4.69) is 39.8 Å². The lowest BCUT2D eigenvalue weighted by atomic mass is 10.0. The Hall–Kier alpha value is -0.260. The Morgan fingerprint density at radius 3 is 1.28 bits per heavy atom. The summed E-state index contributed by atoms with van der Waals surface area (Å²) < 4.78 is 0. The van der Waals surface area contributed by atoms with Crippen molar-refractivity contribution in [3.63, 3.8) is 0 Å². The Bertz CT molecular complexity index is 156. The third-order valence-electron chi connectivity index (χ3n) is 3.47. The molecule has 0 aromatic rings. The Morgan fingerprint density at radius 2 is 0.944 bits per heavy atom. The fourth-order valence-electron chi connectivity index (χ4n) is 2.22. The molecule has 0 heteroatoms. The van der Waals surface area contributed by atoms with Crippen LogP contribution < -0.4 is 0 Å². The van der Waals surface area contributed by atoms with E-state index in [0.29, 0.717) is 0 Å². The third-order valence-corrected chi connectivity index (χ3v) is 3.47. The summed E-state index contributed by atoms with van der Waals surface area (Å²) in [6.07, 6.45) is 18.6. The van der Waals surface area contributed by atoms with Crippen LogP contribution in [-0.4, -0.2) is 0 Å². The maximum Gasteiger partial charge on any atom is -0.0351 e. The van der Waals surface area contributed by atoms with Gasteiger partial charge in [0.15, 0.2) is 0 Å². The predicted molar refractivity (Wildman–Crippen MR) is 85.0 cm³/mol. The molecule has 0 radical (unpaired) electrons. The van der Waals surface area contributed by atoms with Crippen LogP contribution in [0.25, 0.3) is 0 Å². The number of hydrogen-bond donors (Lipinski definition) is 0. The van der Waals surface area contributed by atoms with Crippen LogP contribution in [0.15, 0.2) is 12.2 Å². The zero-order valence-corrected chi connectivity index (χ0v) is 13.4. The summed E-state index contributed by atoms with van der Waals surface area (Å²) in [6, 6.07) is 0. The topological polar surface area (TPSA) is 0 Å². The molecule has 0 aromatic carbocycles. The smallest absolute Gasteiger partial charge is 0.0351 e. The molecule has 0 saturated heterocycles. The van der Waals surface area contributed by atoms with E-state index in [1.54, 1.807) is 0 Å². The summed E-state index contributed by atoms with van der Waals surface area (Å²) in [6.45, 7) is 9.27. The Balaban J connectivity index is 3.09. The summed E-state index contributed by atoms with van der Waals surface area (Å²) in [4.78, 5) is 0. The van der Waals surface area contributed by atoms with Gasteiger partial charge in [0.2, 0.25) is 0 Å². The molecular formula is C18H36. The van der Waals surface area contributed by atoms with Crippen LogP contribution in [0.4, 0.5) is 0 Å². The highest BCUT2D eigenvalue weighted by Gasteiger charge is 1.94. The van der Waals surface area contributed by atoms with Gasteiger partial charge in [0.25, 0.3) is 0 Å². The molecule has 0 nitrogen and oxygen atoms in total. The largest absolute Gasteiger partial charge is 0.0885 e. The minimum atomic E-state index is 0.881. The lowest BCUT2D eigenvalue weighted by Crippen LogP contribution is -1.86. The molecule has 108 valence electrons. The molecule has 0 aliphatic heterocycles. The van der Waals surface area contributed by atoms with E-state index in [-0.39, 0.29) is 0 Å². The second-order valence-corrected chi connectivity index (χ2v) is 6.54. The highest BCUT2D eigenvalue weighted by molar-refractivity contribution is 4.81. The Morgan fingerprint density at radius 1 is 0.556 bits per heavy atom. The summed E-state index contributed by atoms with van der Waals surface area (Å²) in [5.74, 6) is 1.76. The molecule has 0 aliphatic rings. The SMILES string of the molecule is CC(C)CCCCC/C=C\CCCCCC(C)C. The molecule has 0 N–H and O–H groups in total. The fraction of sp³-hybridized carbons (Fsp3) is 0.889. The first-order valence-electron chi connectivity index (χ1n) is 8.28. The summed E-state index contributed by atoms with van der Waals surface area (Å²) >= 11 is 0. The first-order chi connectivity index (χ1) is 8.63. The van der Waals surface area contributed by atoms with Crippen LogP contribution >= 0.6 is 0 Å². The average Bonchev–Trinajstić information content (AvgIpc) is 2.29. The van der Waals surface area contributed by atoms with Crippen LogP contribution in [0.1, 0.15) is 91.9 Å². The number of rotatable bonds is 12. The van der Waals surface area contributed by atoms with Crippen molar-refractivity contribution in [1.82, 2.24) is 0 Å². The normalized spacial score (nSPS) is 12.1. The fourth-order valence-corrected chi connectivity index (χ4v) is 2.22. The zero-order valence-electron chi connectivity index (χ0n) is 13.4. The van der Waals surface area contributed by atoms with E-state index in [4.69, 9.17) is 0 Å². The monoisotopic (exact) mass is 252 g/mol. The van der Waals surface area contributed by atoms with Crippen molar-refractivity contribution in [1.29, 1.82) is 0 Å². The molecule has 0 heterocycles. The Kier molecular flexibility index (Phi) is 13.0. The first-order valence-corrected chi connectivity index (χ1v) is 8.28. The van der Waals surface area contributed by atoms with E-state index < -0.39 is 0 Å². The van der Waals surface area contributed by atoms with Crippen molar-refractivity contribution < 1.29 is 0 Å². The van der Waals surface area contributed by atoms with Crippen LogP contribution in [0.3, 0.4) is 0 Å². The van der Waals surface area contributed by atoms with E-state index in [9.17, 15) is 0 Å². The lowest BCUT2D eigenvalue weighted by Gasteiger charge is -2.03. The van der Waals surface area contributed by atoms with Gasteiger partial charge in [-0.05, 0) is 37.5 Å². The number of hydrogen-bond acceptors (Lipinski definition) is 0. The lowest BCUT2D eigenvalue weighted by molar-refractivity contribution is 0.526. The van der Waals surface area contributed by atoms with Gasteiger partial charge in [-0.2, -0.15) is 0 Å². The maximum atomic E-state index is 2.40. The summed E-state index contributed by atoms with van der Waals surface area (Å²) in [7, 11) is 0. The summed E-state index contributed by atoms with van der Waals surface area (Å²) in [5.41, 5.74) is 0. The van der Waals surface area contributed by atoms with Crippen molar-refractivity contribution in [2.75, 3.05) is 0 Å². The molecule has 18 heavy (non-hydrogen) atoms. The van der Waals surface area contributed by atoms with Crippen molar-refractivity contribution >= 4 is 0 Å². The van der Waals surface area contributed by atoms with Crippen LogP contribution in [0.5, 0.6) is 0 Å². The molecule has 0 amide bonds. The minimum Gasteiger partial charge on any atom is -0.0885 e. The van der Waals surface area contributed by atoms with E-state index in [1.807, 2.05) is 0 Å². The molecule has 0 bridgehead atoms. The molecular weight excluding hydrogens is 216 g/mol.